The molecule has 2 rings (SSSR count). The zero-order chi connectivity index (χ0) is 12.6. The van der Waals surface area contributed by atoms with E-state index in [1.165, 1.54) is 0 Å². The van der Waals surface area contributed by atoms with Gasteiger partial charge in [0, 0.05) is 17.8 Å². The van der Waals surface area contributed by atoms with Crippen molar-refractivity contribution in [2.24, 2.45) is 0 Å². The van der Waals surface area contributed by atoms with Gasteiger partial charge < -0.3 is 15.2 Å². The number of nitrogens with two attached hydrogens (primary N) is 1. The van der Waals surface area contributed by atoms with E-state index >= 15 is 0 Å². The molecule has 1 aromatic heterocycles. The van der Waals surface area contributed by atoms with Gasteiger partial charge in [-0.15, -0.1) is 0 Å². The molecule has 0 aliphatic carbocycles. The second-order valence-electron chi connectivity index (χ2n) is 5.33. The van der Waals surface area contributed by atoms with Crippen molar-refractivity contribution in [2.45, 2.75) is 25.9 Å². The third-order valence-corrected chi connectivity index (χ3v) is 3.41. The number of aromatic nitrogens is 2. The van der Waals surface area contributed by atoms with Crippen LogP contribution in [0, 0.1) is 0 Å². The van der Waals surface area contributed by atoms with Crippen molar-refractivity contribution >= 4 is 16.7 Å². The molecule has 0 bridgehead atoms. The topological polar surface area (TPSA) is 47.1 Å². The van der Waals surface area contributed by atoms with Gasteiger partial charge in [0.1, 0.15) is 0 Å². The average molecular weight is 232 g/mol. The molecule has 4 nitrogen and oxygen atoms in total. The summed E-state index contributed by atoms with van der Waals surface area (Å²) in [5, 5.41) is 0. The van der Waals surface area contributed by atoms with Gasteiger partial charge in [0.2, 0.25) is 0 Å². The Hall–Kier alpha value is -1.55. The van der Waals surface area contributed by atoms with E-state index in [1.807, 2.05) is 24.5 Å². The highest BCUT2D eigenvalue weighted by Crippen LogP contribution is 2.20. The van der Waals surface area contributed by atoms with E-state index in [9.17, 15) is 0 Å². The first-order valence-electron chi connectivity index (χ1n) is 5.78. The molecule has 17 heavy (non-hydrogen) atoms. The Balaban J connectivity index is 2.37. The summed E-state index contributed by atoms with van der Waals surface area (Å²) in [7, 11) is 4.19. The predicted octanol–water partition coefficient (Wildman–Crippen LogP) is 1.96. The van der Waals surface area contributed by atoms with E-state index in [1.54, 1.807) is 0 Å². The van der Waals surface area contributed by atoms with Crippen molar-refractivity contribution in [3.63, 3.8) is 0 Å². The lowest BCUT2D eigenvalue weighted by Gasteiger charge is -2.33. The lowest BCUT2D eigenvalue weighted by Crippen LogP contribution is -2.41. The summed E-state index contributed by atoms with van der Waals surface area (Å²) in [5.41, 5.74) is 8.69. The molecule has 1 aromatic carbocycles. The number of nitrogens with zero attached hydrogens (tertiary/aromatic N) is 3. The summed E-state index contributed by atoms with van der Waals surface area (Å²) >= 11 is 0. The molecule has 2 aromatic rings. The number of hydrogen-bond donors (Lipinski definition) is 1. The van der Waals surface area contributed by atoms with E-state index in [-0.39, 0.29) is 5.54 Å². The molecule has 92 valence electrons. The van der Waals surface area contributed by atoms with Crippen LogP contribution in [0.4, 0.5) is 5.69 Å². The summed E-state index contributed by atoms with van der Waals surface area (Å²) < 4.78 is 2.18. The highest BCUT2D eigenvalue weighted by atomic mass is 15.2. The number of hydrogen-bond acceptors (Lipinski definition) is 3. The maximum atomic E-state index is 5.75. The molecule has 0 fully saturated rings. The fourth-order valence-corrected chi connectivity index (χ4v) is 1.77. The molecule has 0 aliphatic rings. The molecule has 0 atom stereocenters. The Kier molecular flexibility index (Phi) is 2.83. The Morgan fingerprint density at radius 1 is 1.35 bits per heavy atom. The predicted molar refractivity (Wildman–Crippen MR) is 71.9 cm³/mol. The van der Waals surface area contributed by atoms with Gasteiger partial charge in [0.05, 0.1) is 17.4 Å². The number of fused-ring (bicyclic) bond motifs is 1. The van der Waals surface area contributed by atoms with Gasteiger partial charge in [0.25, 0.3) is 0 Å². The molecule has 0 radical (unpaired) electrons. The van der Waals surface area contributed by atoms with E-state index in [2.05, 4.69) is 42.4 Å². The second-order valence-corrected chi connectivity index (χ2v) is 5.33. The fraction of sp³-hybridized carbons (Fsp3) is 0.462. The van der Waals surface area contributed by atoms with Crippen LogP contribution in [0.1, 0.15) is 13.8 Å². The highest BCUT2D eigenvalue weighted by Gasteiger charge is 2.21. The van der Waals surface area contributed by atoms with E-state index < -0.39 is 0 Å². The number of likely N-dealkylation sites (N-methyl/N-ethyl adjacent to an activating group) is 1. The standard InChI is InChI=1S/C13H20N4/c1-13(2,16(3)4)8-17-9-15-11-7-10(14)5-6-12(11)17/h5-7,9H,8,14H2,1-4H3. The minimum absolute atomic E-state index is 0.0923. The van der Waals surface area contributed by atoms with Crippen molar-refractivity contribution in [3.8, 4) is 0 Å². The average Bonchev–Trinajstić information content (AvgIpc) is 2.60. The summed E-state index contributed by atoms with van der Waals surface area (Å²) in [5.74, 6) is 0. The van der Waals surface area contributed by atoms with E-state index in [4.69, 9.17) is 5.73 Å². The normalized spacial score (nSPS) is 12.5. The molecule has 0 saturated carbocycles. The van der Waals surface area contributed by atoms with Gasteiger partial charge in [-0.25, -0.2) is 4.98 Å². The minimum Gasteiger partial charge on any atom is -0.399 e. The van der Waals surface area contributed by atoms with Crippen LogP contribution in [0.2, 0.25) is 0 Å². The fourth-order valence-electron chi connectivity index (χ4n) is 1.77. The van der Waals surface area contributed by atoms with Crippen molar-refractivity contribution < 1.29 is 0 Å². The van der Waals surface area contributed by atoms with Crippen molar-refractivity contribution in [3.05, 3.63) is 24.5 Å². The van der Waals surface area contributed by atoms with Crippen molar-refractivity contribution in [1.82, 2.24) is 14.5 Å². The van der Waals surface area contributed by atoms with Crippen LogP contribution in [0.15, 0.2) is 24.5 Å². The maximum Gasteiger partial charge on any atom is 0.0958 e. The van der Waals surface area contributed by atoms with Crippen LogP contribution < -0.4 is 5.73 Å². The van der Waals surface area contributed by atoms with Gasteiger partial charge in [-0.3, -0.25) is 0 Å². The summed E-state index contributed by atoms with van der Waals surface area (Å²) in [4.78, 5) is 6.61. The monoisotopic (exact) mass is 232 g/mol. The number of imidazole rings is 1. The number of benzene rings is 1. The Morgan fingerprint density at radius 2 is 2.06 bits per heavy atom. The minimum atomic E-state index is 0.0923. The van der Waals surface area contributed by atoms with Crippen LogP contribution in [0.25, 0.3) is 11.0 Å². The molecule has 0 spiro atoms. The number of anilines is 1. The lowest BCUT2D eigenvalue weighted by atomic mass is 10.0. The summed E-state index contributed by atoms with van der Waals surface area (Å²) in [6, 6.07) is 5.86. The third-order valence-electron chi connectivity index (χ3n) is 3.41. The first-order chi connectivity index (χ1) is 7.90. The SMILES string of the molecule is CN(C)C(C)(C)Cn1cnc2cc(N)ccc21. The lowest BCUT2D eigenvalue weighted by molar-refractivity contribution is 0.171. The second kappa shape index (κ2) is 4.04. The Labute approximate surface area is 102 Å². The van der Waals surface area contributed by atoms with Gasteiger partial charge in [-0.05, 0) is 46.1 Å². The van der Waals surface area contributed by atoms with Crippen LogP contribution >= 0.6 is 0 Å². The highest BCUT2D eigenvalue weighted by molar-refractivity contribution is 5.78. The van der Waals surface area contributed by atoms with Gasteiger partial charge in [-0.2, -0.15) is 0 Å². The van der Waals surface area contributed by atoms with E-state index in [0.717, 1.165) is 23.3 Å². The number of rotatable bonds is 3. The molecule has 0 saturated heterocycles. The van der Waals surface area contributed by atoms with Crippen LogP contribution in [0.3, 0.4) is 0 Å². The largest absolute Gasteiger partial charge is 0.399 e. The quantitative estimate of drug-likeness (QED) is 0.823. The van der Waals surface area contributed by atoms with Gasteiger partial charge >= 0.3 is 0 Å². The Morgan fingerprint density at radius 3 is 2.71 bits per heavy atom. The molecule has 2 N–H and O–H groups in total. The first-order valence-corrected chi connectivity index (χ1v) is 5.78. The summed E-state index contributed by atoms with van der Waals surface area (Å²) in [6.45, 7) is 5.34. The first kappa shape index (κ1) is 11.9. The van der Waals surface area contributed by atoms with Gasteiger partial charge in [0.15, 0.2) is 0 Å². The smallest absolute Gasteiger partial charge is 0.0958 e. The molecule has 0 aliphatic heterocycles. The third kappa shape index (κ3) is 2.26. The van der Waals surface area contributed by atoms with Crippen LogP contribution in [0.5, 0.6) is 0 Å². The molecular formula is C13H20N4. The van der Waals surface area contributed by atoms with Crippen molar-refractivity contribution in [2.75, 3.05) is 19.8 Å². The molecular weight excluding hydrogens is 212 g/mol. The maximum absolute atomic E-state index is 5.75. The zero-order valence-electron chi connectivity index (χ0n) is 10.9. The molecule has 1 heterocycles. The van der Waals surface area contributed by atoms with Crippen molar-refractivity contribution in [1.29, 1.82) is 0 Å². The van der Waals surface area contributed by atoms with Gasteiger partial charge in [-0.1, -0.05) is 0 Å². The summed E-state index contributed by atoms with van der Waals surface area (Å²) in [6.07, 6.45) is 1.88. The molecule has 4 heteroatoms. The van der Waals surface area contributed by atoms with Crippen LogP contribution in [-0.4, -0.2) is 34.1 Å². The van der Waals surface area contributed by atoms with E-state index in [0.29, 0.717) is 0 Å². The Bertz CT molecular complexity index is 525. The number of nitrogen functional groups attached to an aromatic ring is 1. The zero-order valence-corrected chi connectivity index (χ0v) is 10.9. The molecule has 0 amide bonds. The van der Waals surface area contributed by atoms with Crippen LogP contribution in [-0.2, 0) is 6.54 Å². The molecule has 0 unspecified atom stereocenters.